The molecule has 2 atom stereocenters. The average Bonchev–Trinajstić information content (AvgIpc) is 2.73. The third kappa shape index (κ3) is 3.26. The highest BCUT2D eigenvalue weighted by Crippen LogP contribution is 2.33. The van der Waals surface area contributed by atoms with Crippen molar-refractivity contribution in [3.63, 3.8) is 0 Å². The van der Waals surface area contributed by atoms with Crippen LogP contribution in [0.3, 0.4) is 0 Å². The van der Waals surface area contributed by atoms with E-state index in [1.165, 1.54) is 43.1 Å². The normalized spacial score (nSPS) is 23.1. The first-order valence-electron chi connectivity index (χ1n) is 8.38. The highest BCUT2D eigenvalue weighted by Gasteiger charge is 2.24. The maximum atomic E-state index is 4.62. The van der Waals surface area contributed by atoms with Crippen LogP contribution in [0.15, 0.2) is 30.3 Å². The van der Waals surface area contributed by atoms with Gasteiger partial charge in [-0.15, -0.1) is 0 Å². The summed E-state index contributed by atoms with van der Waals surface area (Å²) in [4.78, 5) is 4.62. The summed E-state index contributed by atoms with van der Waals surface area (Å²) in [7, 11) is 0. The van der Waals surface area contributed by atoms with Gasteiger partial charge in [-0.3, -0.25) is 4.98 Å². The molecule has 2 unspecified atom stereocenters. The molecule has 2 heteroatoms. The zero-order chi connectivity index (χ0) is 14.7. The van der Waals surface area contributed by atoms with Crippen molar-refractivity contribution in [2.24, 2.45) is 0 Å². The van der Waals surface area contributed by atoms with E-state index in [9.17, 15) is 0 Å². The molecule has 1 aliphatic rings. The first-order valence-corrected chi connectivity index (χ1v) is 8.38. The minimum Gasteiger partial charge on any atom is -0.314 e. The number of aryl methyl sites for hydroxylation is 1. The zero-order valence-electron chi connectivity index (χ0n) is 13.2. The van der Waals surface area contributed by atoms with Crippen LogP contribution < -0.4 is 5.32 Å². The molecule has 112 valence electrons. The smallest absolute Gasteiger partial charge is 0.0705 e. The van der Waals surface area contributed by atoms with E-state index >= 15 is 0 Å². The summed E-state index contributed by atoms with van der Waals surface area (Å²) in [6, 6.07) is 11.8. The lowest BCUT2D eigenvalue weighted by atomic mass is 9.87. The third-order valence-corrected chi connectivity index (χ3v) is 4.76. The quantitative estimate of drug-likeness (QED) is 0.834. The molecule has 0 radical (unpaired) electrons. The molecule has 1 aliphatic carbocycles. The fourth-order valence-corrected chi connectivity index (χ4v) is 3.69. The van der Waals surface area contributed by atoms with E-state index < -0.39 is 0 Å². The van der Waals surface area contributed by atoms with Gasteiger partial charge >= 0.3 is 0 Å². The van der Waals surface area contributed by atoms with Crippen LogP contribution >= 0.6 is 0 Å². The summed E-state index contributed by atoms with van der Waals surface area (Å²) < 4.78 is 0. The predicted molar refractivity (Wildman–Crippen MR) is 89.8 cm³/mol. The van der Waals surface area contributed by atoms with Crippen LogP contribution in [0.5, 0.6) is 0 Å². The summed E-state index contributed by atoms with van der Waals surface area (Å²) in [6.07, 6.45) is 6.72. The van der Waals surface area contributed by atoms with Crippen LogP contribution in [0.4, 0.5) is 0 Å². The molecule has 3 rings (SSSR count). The van der Waals surface area contributed by atoms with Crippen molar-refractivity contribution in [1.82, 2.24) is 10.3 Å². The summed E-state index contributed by atoms with van der Waals surface area (Å²) in [6.45, 7) is 5.34. The molecule has 21 heavy (non-hydrogen) atoms. The lowest BCUT2D eigenvalue weighted by molar-refractivity contribution is 0.419. The van der Waals surface area contributed by atoms with Gasteiger partial charge in [0.1, 0.15) is 0 Å². The van der Waals surface area contributed by atoms with Crippen LogP contribution in [0.2, 0.25) is 0 Å². The number of nitrogens with one attached hydrogen (secondary N) is 1. The second kappa shape index (κ2) is 6.57. The molecule has 1 aromatic heterocycles. The number of hydrogen-bond acceptors (Lipinski definition) is 2. The molecule has 0 aliphatic heterocycles. The van der Waals surface area contributed by atoms with Crippen molar-refractivity contribution in [3.05, 3.63) is 41.6 Å². The van der Waals surface area contributed by atoms with E-state index in [0.717, 1.165) is 17.8 Å². The standard InChI is InChI=1S/C19H26N2/c1-3-20-19-8-6-4-5-7-17(19)15-11-12-18-16(13-15)10-9-14(2)21-18/h9-13,17,19-20H,3-8H2,1-2H3. The number of likely N-dealkylation sites (N-methyl/N-ethyl adjacent to an activating group) is 1. The lowest BCUT2D eigenvalue weighted by Crippen LogP contribution is -2.34. The topological polar surface area (TPSA) is 24.9 Å². The van der Waals surface area contributed by atoms with Crippen molar-refractivity contribution in [3.8, 4) is 0 Å². The van der Waals surface area contributed by atoms with Gasteiger partial charge in [-0.2, -0.15) is 0 Å². The SMILES string of the molecule is CCNC1CCCCCC1c1ccc2nc(C)ccc2c1. The Morgan fingerprint density at radius 2 is 1.95 bits per heavy atom. The van der Waals surface area contributed by atoms with Crippen LogP contribution in [0, 0.1) is 6.92 Å². The zero-order valence-corrected chi connectivity index (χ0v) is 13.2. The number of fused-ring (bicyclic) bond motifs is 1. The number of pyridine rings is 1. The van der Waals surface area contributed by atoms with Crippen molar-refractivity contribution >= 4 is 10.9 Å². The molecule has 0 spiro atoms. The Morgan fingerprint density at radius 3 is 2.81 bits per heavy atom. The Bertz CT molecular complexity index is 606. The summed E-state index contributed by atoms with van der Waals surface area (Å²) in [5, 5.41) is 4.99. The predicted octanol–water partition coefficient (Wildman–Crippen LogP) is 4.57. The molecule has 1 fully saturated rings. The highest BCUT2D eigenvalue weighted by atomic mass is 14.9. The Morgan fingerprint density at radius 1 is 1.10 bits per heavy atom. The van der Waals surface area contributed by atoms with Crippen LogP contribution in [-0.2, 0) is 0 Å². The van der Waals surface area contributed by atoms with E-state index in [1.54, 1.807) is 0 Å². The highest BCUT2D eigenvalue weighted by molar-refractivity contribution is 5.79. The average molecular weight is 282 g/mol. The van der Waals surface area contributed by atoms with Crippen molar-refractivity contribution in [2.75, 3.05) is 6.54 Å². The molecule has 0 bridgehead atoms. The van der Waals surface area contributed by atoms with Gasteiger partial charge in [-0.05, 0) is 56.0 Å². The largest absolute Gasteiger partial charge is 0.314 e. The first kappa shape index (κ1) is 14.5. The summed E-state index contributed by atoms with van der Waals surface area (Å²) >= 11 is 0. The molecule has 0 amide bonds. The number of hydrogen-bond donors (Lipinski definition) is 1. The minimum absolute atomic E-state index is 0.633. The lowest BCUT2D eigenvalue weighted by Gasteiger charge is -2.26. The fraction of sp³-hybridized carbons (Fsp3) is 0.526. The summed E-state index contributed by atoms with van der Waals surface area (Å²) in [5.74, 6) is 0.651. The Labute approximate surface area is 128 Å². The van der Waals surface area contributed by atoms with E-state index in [1.807, 2.05) is 0 Å². The van der Waals surface area contributed by atoms with Gasteiger partial charge in [0.05, 0.1) is 5.52 Å². The number of aromatic nitrogens is 1. The number of rotatable bonds is 3. The van der Waals surface area contributed by atoms with Gasteiger partial charge in [0.2, 0.25) is 0 Å². The van der Waals surface area contributed by atoms with Crippen LogP contribution in [0.25, 0.3) is 10.9 Å². The first-order chi connectivity index (χ1) is 10.3. The maximum absolute atomic E-state index is 4.62. The summed E-state index contributed by atoms with van der Waals surface area (Å²) in [5.41, 5.74) is 3.70. The Kier molecular flexibility index (Phi) is 4.54. The van der Waals surface area contributed by atoms with Crippen LogP contribution in [-0.4, -0.2) is 17.6 Å². The van der Waals surface area contributed by atoms with E-state index in [2.05, 4.69) is 54.5 Å². The van der Waals surface area contributed by atoms with Crippen molar-refractivity contribution in [2.45, 2.75) is 57.9 Å². The van der Waals surface area contributed by atoms with Gasteiger partial charge in [0.25, 0.3) is 0 Å². The Balaban J connectivity index is 1.94. The molecule has 2 aromatic rings. The van der Waals surface area contributed by atoms with Crippen LogP contribution in [0.1, 0.15) is 56.2 Å². The number of benzene rings is 1. The Hall–Kier alpha value is -1.41. The molecule has 1 heterocycles. The molecule has 2 nitrogen and oxygen atoms in total. The van der Waals surface area contributed by atoms with E-state index in [4.69, 9.17) is 0 Å². The van der Waals surface area contributed by atoms with Gasteiger partial charge in [0.15, 0.2) is 0 Å². The third-order valence-electron chi connectivity index (χ3n) is 4.76. The van der Waals surface area contributed by atoms with Crippen molar-refractivity contribution < 1.29 is 0 Å². The minimum atomic E-state index is 0.633. The maximum Gasteiger partial charge on any atom is 0.0705 e. The molecule has 1 aromatic carbocycles. The fourth-order valence-electron chi connectivity index (χ4n) is 3.69. The van der Waals surface area contributed by atoms with Gasteiger partial charge in [0, 0.05) is 17.1 Å². The second-order valence-corrected chi connectivity index (χ2v) is 6.31. The van der Waals surface area contributed by atoms with Gasteiger partial charge in [-0.1, -0.05) is 38.3 Å². The van der Waals surface area contributed by atoms with Crippen molar-refractivity contribution in [1.29, 1.82) is 0 Å². The second-order valence-electron chi connectivity index (χ2n) is 6.31. The molecule has 1 saturated carbocycles. The van der Waals surface area contributed by atoms with Gasteiger partial charge < -0.3 is 5.32 Å². The molecule has 1 N–H and O–H groups in total. The molecular formula is C19H26N2. The van der Waals surface area contributed by atoms with E-state index in [-0.39, 0.29) is 0 Å². The van der Waals surface area contributed by atoms with E-state index in [0.29, 0.717) is 12.0 Å². The monoisotopic (exact) mass is 282 g/mol. The molecule has 0 saturated heterocycles. The number of nitrogens with zero attached hydrogens (tertiary/aromatic N) is 1. The van der Waals surface area contributed by atoms with Gasteiger partial charge in [-0.25, -0.2) is 0 Å². The molecular weight excluding hydrogens is 256 g/mol.